The zero-order valence-corrected chi connectivity index (χ0v) is 22.2. The third-order valence-electron chi connectivity index (χ3n) is 6.88. The number of imidazole rings is 1. The van der Waals surface area contributed by atoms with E-state index >= 15 is 0 Å². The van der Waals surface area contributed by atoms with Gasteiger partial charge in [-0.3, -0.25) is 9.69 Å². The normalized spacial score (nSPS) is 14.7. The highest BCUT2D eigenvalue weighted by Gasteiger charge is 2.45. The van der Waals surface area contributed by atoms with Crippen molar-refractivity contribution in [2.75, 3.05) is 12.0 Å². The van der Waals surface area contributed by atoms with Crippen LogP contribution in [0.4, 0.5) is 5.69 Å². The van der Waals surface area contributed by atoms with Gasteiger partial charge in [0.25, 0.3) is 5.91 Å². The number of amides is 1. The number of carbonyl (C=O) groups excluding carboxylic acids is 1. The molecule has 1 aromatic heterocycles. The Balaban J connectivity index is 1.83. The van der Waals surface area contributed by atoms with Crippen LogP contribution in [0.5, 0.6) is 5.75 Å². The number of fused-ring (bicyclic) bond motifs is 1. The molecule has 6 nitrogen and oxygen atoms in total. The van der Waals surface area contributed by atoms with Crippen molar-refractivity contribution in [1.82, 2.24) is 9.55 Å². The van der Waals surface area contributed by atoms with Crippen molar-refractivity contribution in [1.29, 1.82) is 5.26 Å². The maximum atomic E-state index is 14.2. The predicted molar refractivity (Wildman–Crippen MR) is 145 cm³/mol. The van der Waals surface area contributed by atoms with Crippen molar-refractivity contribution >= 4 is 23.2 Å². The van der Waals surface area contributed by atoms with Crippen LogP contribution in [0.15, 0.2) is 60.7 Å². The molecule has 1 amide bonds. The summed E-state index contributed by atoms with van der Waals surface area (Å²) in [6, 6.07) is 20.6. The van der Waals surface area contributed by atoms with E-state index in [0.717, 1.165) is 33.6 Å². The molecule has 0 saturated carbocycles. The Hall–Kier alpha value is -4.08. The van der Waals surface area contributed by atoms with E-state index in [-0.39, 0.29) is 11.9 Å². The molecular formula is C30H27ClN4O2. The molecule has 37 heavy (non-hydrogen) atoms. The molecule has 186 valence electrons. The largest absolute Gasteiger partial charge is 0.496 e. The van der Waals surface area contributed by atoms with Gasteiger partial charge in [0.1, 0.15) is 17.6 Å². The lowest BCUT2D eigenvalue weighted by Gasteiger charge is -2.30. The van der Waals surface area contributed by atoms with E-state index in [0.29, 0.717) is 27.9 Å². The molecule has 0 fully saturated rings. The number of methoxy groups -OCH3 is 1. The summed E-state index contributed by atoms with van der Waals surface area (Å²) < 4.78 is 7.78. The third kappa shape index (κ3) is 3.96. The van der Waals surface area contributed by atoms with Crippen molar-refractivity contribution in [3.8, 4) is 23.2 Å². The first-order chi connectivity index (χ1) is 17.8. The molecule has 1 aliphatic rings. The zero-order valence-electron chi connectivity index (χ0n) is 21.4. The van der Waals surface area contributed by atoms with Crippen LogP contribution in [0.3, 0.4) is 0 Å². The van der Waals surface area contributed by atoms with Gasteiger partial charge in [-0.1, -0.05) is 35.9 Å². The molecule has 0 aliphatic carbocycles. The van der Waals surface area contributed by atoms with Crippen LogP contribution in [-0.2, 0) is 0 Å². The van der Waals surface area contributed by atoms with E-state index < -0.39 is 6.04 Å². The minimum Gasteiger partial charge on any atom is -0.496 e. The quantitative estimate of drug-likeness (QED) is 0.289. The fourth-order valence-electron chi connectivity index (χ4n) is 5.19. The zero-order chi connectivity index (χ0) is 26.4. The Labute approximate surface area is 221 Å². The van der Waals surface area contributed by atoms with Crippen LogP contribution in [0.25, 0.3) is 11.4 Å². The Kier molecular flexibility index (Phi) is 6.26. The first-order valence-electron chi connectivity index (χ1n) is 12.1. The van der Waals surface area contributed by atoms with E-state index in [1.807, 2.05) is 68.4 Å². The molecule has 0 N–H and O–H groups in total. The number of ether oxygens (including phenoxy) is 1. The van der Waals surface area contributed by atoms with Crippen LogP contribution < -0.4 is 9.64 Å². The van der Waals surface area contributed by atoms with Crippen LogP contribution in [-0.4, -0.2) is 22.6 Å². The molecular weight excluding hydrogens is 484 g/mol. The number of nitrogens with zero attached hydrogens (tertiary/aromatic N) is 4. The highest BCUT2D eigenvalue weighted by molar-refractivity contribution is 6.31. The SMILES string of the molecule is COc1ccccc1-c1nc2c(n1C(C)C)C(c1ccc(C#N)cc1C)N(c1cc(Cl)ccc1C)C2=O. The number of aromatic nitrogens is 2. The van der Waals surface area contributed by atoms with Crippen molar-refractivity contribution in [3.05, 3.63) is 99.3 Å². The van der Waals surface area contributed by atoms with Gasteiger partial charge >= 0.3 is 0 Å². The number of benzene rings is 3. The molecule has 0 bridgehead atoms. The fourth-order valence-corrected chi connectivity index (χ4v) is 5.35. The van der Waals surface area contributed by atoms with Crippen molar-refractivity contribution < 1.29 is 9.53 Å². The number of hydrogen-bond acceptors (Lipinski definition) is 4. The number of carbonyl (C=O) groups is 1. The standard InChI is InChI=1S/C30H27ClN4O2/c1-17(2)34-28-26(33-29(34)23-8-6-7-9-25(23)37-5)30(36)35(24-15-21(31)12-10-18(24)3)27(28)22-13-11-20(16-32)14-19(22)4/h6-15,17,27H,1-5H3. The molecule has 1 unspecified atom stereocenters. The monoisotopic (exact) mass is 510 g/mol. The number of para-hydroxylation sites is 1. The second-order valence-corrected chi connectivity index (χ2v) is 9.96. The Bertz CT molecular complexity index is 1580. The average Bonchev–Trinajstić information content (AvgIpc) is 3.40. The van der Waals surface area contributed by atoms with Gasteiger partial charge in [-0.25, -0.2) is 4.98 Å². The topological polar surface area (TPSA) is 71.2 Å². The third-order valence-corrected chi connectivity index (χ3v) is 7.11. The molecule has 5 rings (SSSR count). The van der Waals surface area contributed by atoms with Gasteiger partial charge in [-0.05, 0) is 80.8 Å². The number of anilines is 1. The first kappa shape index (κ1) is 24.6. The maximum Gasteiger partial charge on any atom is 0.279 e. The Morgan fingerprint density at radius 1 is 1.05 bits per heavy atom. The van der Waals surface area contributed by atoms with Gasteiger partial charge in [-0.15, -0.1) is 0 Å². The van der Waals surface area contributed by atoms with E-state index in [9.17, 15) is 10.1 Å². The number of aryl methyl sites for hydroxylation is 2. The van der Waals surface area contributed by atoms with Gasteiger partial charge < -0.3 is 9.30 Å². The Morgan fingerprint density at radius 2 is 1.81 bits per heavy atom. The second kappa shape index (κ2) is 9.42. The van der Waals surface area contributed by atoms with E-state index in [4.69, 9.17) is 21.3 Å². The summed E-state index contributed by atoms with van der Waals surface area (Å²) in [6.45, 7) is 8.11. The summed E-state index contributed by atoms with van der Waals surface area (Å²) in [5.74, 6) is 1.18. The minimum absolute atomic E-state index is 0.00515. The highest BCUT2D eigenvalue weighted by atomic mass is 35.5. The van der Waals surface area contributed by atoms with Crippen molar-refractivity contribution in [2.24, 2.45) is 0 Å². The number of hydrogen-bond donors (Lipinski definition) is 0. The van der Waals surface area contributed by atoms with E-state index in [1.165, 1.54) is 0 Å². The number of nitriles is 1. The number of rotatable bonds is 5. The van der Waals surface area contributed by atoms with Gasteiger partial charge in [0, 0.05) is 16.8 Å². The molecule has 1 aliphatic heterocycles. The summed E-state index contributed by atoms with van der Waals surface area (Å²) in [5.41, 5.74) is 6.13. The van der Waals surface area contributed by atoms with Crippen molar-refractivity contribution in [3.63, 3.8) is 0 Å². The smallest absolute Gasteiger partial charge is 0.279 e. The van der Waals surface area contributed by atoms with Gasteiger partial charge in [-0.2, -0.15) is 5.26 Å². The first-order valence-corrected chi connectivity index (χ1v) is 12.5. The Morgan fingerprint density at radius 3 is 2.49 bits per heavy atom. The highest BCUT2D eigenvalue weighted by Crippen LogP contribution is 2.47. The maximum absolute atomic E-state index is 14.2. The van der Waals surface area contributed by atoms with Crippen LogP contribution in [0.2, 0.25) is 5.02 Å². The van der Waals surface area contributed by atoms with Crippen LogP contribution in [0.1, 0.15) is 64.4 Å². The van der Waals surface area contributed by atoms with E-state index in [2.05, 4.69) is 24.5 Å². The number of halogens is 1. The summed E-state index contributed by atoms with van der Waals surface area (Å²) in [5, 5.41) is 10.0. The molecule has 0 spiro atoms. The van der Waals surface area contributed by atoms with Gasteiger partial charge in [0.2, 0.25) is 0 Å². The fraction of sp³-hybridized carbons (Fsp3) is 0.233. The van der Waals surface area contributed by atoms with Gasteiger partial charge in [0.15, 0.2) is 5.69 Å². The lowest BCUT2D eigenvalue weighted by atomic mass is 9.96. The molecule has 3 aromatic carbocycles. The van der Waals surface area contributed by atoms with Crippen LogP contribution >= 0.6 is 11.6 Å². The molecule has 2 heterocycles. The summed E-state index contributed by atoms with van der Waals surface area (Å²) in [7, 11) is 1.63. The van der Waals surface area contributed by atoms with Gasteiger partial charge in [0.05, 0.1) is 30.0 Å². The van der Waals surface area contributed by atoms with Crippen molar-refractivity contribution in [2.45, 2.75) is 39.8 Å². The predicted octanol–water partition coefficient (Wildman–Crippen LogP) is 7.03. The summed E-state index contributed by atoms with van der Waals surface area (Å²) in [6.07, 6.45) is 0. The molecule has 1 atom stereocenters. The lowest BCUT2D eigenvalue weighted by molar-refractivity contribution is 0.0989. The minimum atomic E-state index is -0.453. The summed E-state index contributed by atoms with van der Waals surface area (Å²) >= 11 is 6.40. The second-order valence-electron chi connectivity index (χ2n) is 9.52. The summed E-state index contributed by atoms with van der Waals surface area (Å²) in [4.78, 5) is 20.9. The van der Waals surface area contributed by atoms with E-state index in [1.54, 1.807) is 18.1 Å². The van der Waals surface area contributed by atoms with Crippen LogP contribution in [0, 0.1) is 25.2 Å². The molecule has 7 heteroatoms. The molecule has 4 aromatic rings. The lowest BCUT2D eigenvalue weighted by Crippen LogP contribution is -2.31. The molecule has 0 radical (unpaired) electrons. The molecule has 0 saturated heterocycles. The average molecular weight is 511 g/mol.